The second-order valence-corrected chi connectivity index (χ2v) is 9.83. The van der Waals surface area contributed by atoms with Gasteiger partial charge in [0.25, 0.3) is 5.91 Å². The van der Waals surface area contributed by atoms with Crippen LogP contribution < -0.4 is 10.6 Å². The third-order valence-corrected chi connectivity index (χ3v) is 7.09. The maximum Gasteiger partial charge on any atom is 0.337 e. The van der Waals surface area contributed by atoms with E-state index in [1.54, 1.807) is 24.3 Å². The zero-order chi connectivity index (χ0) is 29.4. The normalized spacial score (nSPS) is 16.2. The van der Waals surface area contributed by atoms with E-state index < -0.39 is 17.8 Å². The molecule has 3 amide bonds. The number of hydrogen-bond donors (Lipinski definition) is 2. The Kier molecular flexibility index (Phi) is 9.78. The van der Waals surface area contributed by atoms with Gasteiger partial charge in [0.1, 0.15) is 11.6 Å². The first-order valence-electron chi connectivity index (χ1n) is 13.3. The molecular formula is C31H31F2N3O5. The molecule has 0 radical (unpaired) electrons. The molecule has 1 aliphatic heterocycles. The predicted octanol–water partition coefficient (Wildman–Crippen LogP) is 3.16. The van der Waals surface area contributed by atoms with Crippen LogP contribution in [0.5, 0.6) is 0 Å². The van der Waals surface area contributed by atoms with E-state index in [9.17, 15) is 28.0 Å². The van der Waals surface area contributed by atoms with Gasteiger partial charge in [0, 0.05) is 31.7 Å². The number of likely N-dealkylation sites (tertiary alicyclic amines) is 1. The minimum atomic E-state index is -0.785. The fraction of sp³-hybridized carbons (Fsp3) is 0.290. The van der Waals surface area contributed by atoms with Crippen molar-refractivity contribution >= 4 is 23.7 Å². The lowest BCUT2D eigenvalue weighted by Gasteiger charge is -2.17. The van der Waals surface area contributed by atoms with Gasteiger partial charge in [-0.25, -0.2) is 13.6 Å². The molecule has 214 valence electrons. The number of hydrogen-bond acceptors (Lipinski definition) is 5. The summed E-state index contributed by atoms with van der Waals surface area (Å²) in [5, 5.41) is 5.70. The number of carbonyl (C=O) groups is 4. The molecule has 0 aromatic heterocycles. The summed E-state index contributed by atoms with van der Waals surface area (Å²) in [5.41, 5.74) is 2.30. The average Bonchev–Trinajstić information content (AvgIpc) is 3.44. The molecule has 8 nitrogen and oxygen atoms in total. The first kappa shape index (κ1) is 29.4. The van der Waals surface area contributed by atoms with Crippen LogP contribution in [-0.2, 0) is 27.2 Å². The van der Waals surface area contributed by atoms with Gasteiger partial charge >= 0.3 is 5.97 Å². The number of methoxy groups -OCH3 is 1. The number of benzene rings is 3. The first-order chi connectivity index (χ1) is 19.7. The lowest BCUT2D eigenvalue weighted by atomic mass is 9.94. The minimum absolute atomic E-state index is 0.0377. The largest absolute Gasteiger partial charge is 0.465 e. The minimum Gasteiger partial charge on any atom is -0.465 e. The molecule has 41 heavy (non-hydrogen) atoms. The molecule has 2 N–H and O–H groups in total. The highest BCUT2D eigenvalue weighted by Crippen LogP contribution is 2.26. The maximum absolute atomic E-state index is 13.3. The topological polar surface area (TPSA) is 105 Å². The van der Waals surface area contributed by atoms with Gasteiger partial charge < -0.3 is 20.3 Å². The van der Waals surface area contributed by atoms with Crippen molar-refractivity contribution < 1.29 is 32.7 Å². The van der Waals surface area contributed by atoms with Crippen molar-refractivity contribution in [1.29, 1.82) is 0 Å². The lowest BCUT2D eigenvalue weighted by molar-refractivity contribution is -0.132. The van der Waals surface area contributed by atoms with E-state index in [0.717, 1.165) is 11.1 Å². The number of esters is 1. The van der Waals surface area contributed by atoms with E-state index in [1.807, 2.05) is 0 Å². The van der Waals surface area contributed by atoms with Crippen LogP contribution in [0, 0.1) is 23.5 Å². The third-order valence-electron chi connectivity index (χ3n) is 7.09. The van der Waals surface area contributed by atoms with Gasteiger partial charge in [-0.3, -0.25) is 14.4 Å². The molecule has 1 saturated heterocycles. The molecule has 0 bridgehead atoms. The summed E-state index contributed by atoms with van der Waals surface area (Å²) in [5.74, 6) is -3.88. The highest BCUT2D eigenvalue weighted by molar-refractivity contribution is 5.98. The Bertz CT molecular complexity index is 1310. The smallest absolute Gasteiger partial charge is 0.337 e. The second kappa shape index (κ2) is 13.6. The summed E-state index contributed by atoms with van der Waals surface area (Å²) < 4.78 is 31.1. The van der Waals surface area contributed by atoms with Gasteiger partial charge in [0.15, 0.2) is 0 Å². The van der Waals surface area contributed by atoms with E-state index in [2.05, 4.69) is 10.6 Å². The molecule has 2 atom stereocenters. The van der Waals surface area contributed by atoms with Gasteiger partial charge in [0.2, 0.25) is 11.8 Å². The van der Waals surface area contributed by atoms with Crippen LogP contribution >= 0.6 is 0 Å². The second-order valence-electron chi connectivity index (χ2n) is 9.83. The standard InChI is InChI=1S/C31H31F2N3O5/c1-41-31(40)23-8-6-22(7-9-23)30(39)36-18-26(28(37)34-16-14-20-2-10-24(32)11-3-20)27(19-36)29(38)35-17-15-21-4-12-25(33)13-5-21/h2-13,26-27H,14-19H2,1H3,(H,34,37)(H,35,38)/t26-,27?/m1/s1. The molecule has 4 rings (SSSR count). The molecule has 3 aromatic carbocycles. The van der Waals surface area contributed by atoms with Crippen molar-refractivity contribution in [3.8, 4) is 0 Å². The molecule has 10 heteroatoms. The summed E-state index contributed by atoms with van der Waals surface area (Å²) >= 11 is 0. The van der Waals surface area contributed by atoms with Gasteiger partial charge in [-0.15, -0.1) is 0 Å². The molecule has 1 unspecified atom stereocenters. The van der Waals surface area contributed by atoms with Crippen LogP contribution in [-0.4, -0.2) is 61.9 Å². The molecule has 0 saturated carbocycles. The Balaban J connectivity index is 1.42. The van der Waals surface area contributed by atoms with Crippen molar-refractivity contribution in [2.75, 3.05) is 33.3 Å². The number of carbonyl (C=O) groups excluding carboxylic acids is 4. The van der Waals surface area contributed by atoms with E-state index in [1.165, 1.54) is 60.5 Å². The number of halogens is 2. The average molecular weight is 564 g/mol. The molecular weight excluding hydrogens is 532 g/mol. The lowest BCUT2D eigenvalue weighted by Crippen LogP contribution is -2.42. The Morgan fingerprint density at radius 1 is 0.707 bits per heavy atom. The molecule has 1 heterocycles. The van der Waals surface area contributed by atoms with Crippen molar-refractivity contribution in [3.05, 3.63) is 107 Å². The summed E-state index contributed by atoms with van der Waals surface area (Å²) in [7, 11) is 1.27. The van der Waals surface area contributed by atoms with E-state index in [-0.39, 0.29) is 55.5 Å². The zero-order valence-electron chi connectivity index (χ0n) is 22.6. The van der Waals surface area contributed by atoms with E-state index in [0.29, 0.717) is 24.0 Å². The van der Waals surface area contributed by atoms with Crippen LogP contribution in [0.4, 0.5) is 8.78 Å². The molecule has 3 aromatic rings. The number of nitrogens with one attached hydrogen (secondary N) is 2. The van der Waals surface area contributed by atoms with Crippen molar-refractivity contribution in [2.45, 2.75) is 12.8 Å². The van der Waals surface area contributed by atoms with E-state index in [4.69, 9.17) is 4.74 Å². The highest BCUT2D eigenvalue weighted by atomic mass is 19.1. The van der Waals surface area contributed by atoms with Gasteiger partial charge in [-0.05, 0) is 72.5 Å². The SMILES string of the molecule is COC(=O)c1ccc(C(=O)N2CC(C(=O)NCCc3ccc(F)cc3)[C@H](C(=O)NCCc3ccc(F)cc3)C2)cc1. The van der Waals surface area contributed by atoms with Gasteiger partial charge in [-0.2, -0.15) is 0 Å². The van der Waals surface area contributed by atoms with Crippen LogP contribution in [0.25, 0.3) is 0 Å². The number of amides is 3. The summed E-state index contributed by atoms with van der Waals surface area (Å²) in [6.07, 6.45) is 0.949. The summed E-state index contributed by atoms with van der Waals surface area (Å²) in [4.78, 5) is 52.9. The third kappa shape index (κ3) is 7.75. The number of ether oxygens (including phenoxy) is 1. The predicted molar refractivity (Wildman–Crippen MR) is 147 cm³/mol. The molecule has 1 fully saturated rings. The number of nitrogens with zero attached hydrogens (tertiary/aromatic N) is 1. The Morgan fingerprint density at radius 2 is 1.12 bits per heavy atom. The maximum atomic E-state index is 13.3. The van der Waals surface area contributed by atoms with Crippen molar-refractivity contribution in [2.24, 2.45) is 11.8 Å². The van der Waals surface area contributed by atoms with E-state index >= 15 is 0 Å². The van der Waals surface area contributed by atoms with Crippen LogP contribution in [0.15, 0.2) is 72.8 Å². The monoisotopic (exact) mass is 563 g/mol. The molecule has 0 aliphatic carbocycles. The van der Waals surface area contributed by atoms with Crippen LogP contribution in [0.3, 0.4) is 0 Å². The summed E-state index contributed by atoms with van der Waals surface area (Å²) in [6, 6.07) is 17.9. The Morgan fingerprint density at radius 3 is 1.54 bits per heavy atom. The quantitative estimate of drug-likeness (QED) is 0.369. The van der Waals surface area contributed by atoms with Crippen molar-refractivity contribution in [1.82, 2.24) is 15.5 Å². The fourth-order valence-corrected chi connectivity index (χ4v) is 4.77. The summed E-state index contributed by atoms with van der Waals surface area (Å²) in [6.45, 7) is 0.637. The zero-order valence-corrected chi connectivity index (χ0v) is 22.6. The van der Waals surface area contributed by atoms with Gasteiger partial charge in [-0.1, -0.05) is 24.3 Å². The molecule has 1 aliphatic rings. The number of rotatable bonds is 10. The van der Waals surface area contributed by atoms with Crippen molar-refractivity contribution in [3.63, 3.8) is 0 Å². The first-order valence-corrected chi connectivity index (χ1v) is 13.3. The Hall–Kier alpha value is -4.60. The Labute approximate surface area is 236 Å². The highest BCUT2D eigenvalue weighted by Gasteiger charge is 2.43. The fourth-order valence-electron chi connectivity index (χ4n) is 4.77. The van der Waals surface area contributed by atoms with Crippen LogP contribution in [0.1, 0.15) is 31.8 Å². The van der Waals surface area contributed by atoms with Crippen LogP contribution in [0.2, 0.25) is 0 Å². The molecule has 0 spiro atoms. The van der Waals surface area contributed by atoms with Gasteiger partial charge in [0.05, 0.1) is 24.5 Å².